The second-order valence-corrected chi connectivity index (χ2v) is 3.18. The molecule has 16 heavy (non-hydrogen) atoms. The van der Waals surface area contributed by atoms with Crippen LogP contribution in [-0.4, -0.2) is 18.2 Å². The van der Waals surface area contributed by atoms with Crippen molar-refractivity contribution in [2.24, 2.45) is 5.10 Å². The zero-order valence-electron chi connectivity index (χ0n) is 7.75. The monoisotopic (exact) mass is 250 g/mol. The highest BCUT2D eigenvalue weighted by atomic mass is 35.5. The zero-order valence-corrected chi connectivity index (χ0v) is 8.51. The molecule has 0 aliphatic heterocycles. The number of carbonyl (C=O) groups excluding carboxylic acids is 1. The van der Waals surface area contributed by atoms with Crippen molar-refractivity contribution in [1.29, 1.82) is 0 Å². The zero-order chi connectivity index (χ0) is 12.2. The van der Waals surface area contributed by atoms with Gasteiger partial charge in [0.25, 0.3) is 5.78 Å². The van der Waals surface area contributed by atoms with Crippen LogP contribution in [0.1, 0.15) is 0 Å². The normalized spacial score (nSPS) is 11.8. The average Bonchev–Trinajstić information content (AvgIpc) is 2.19. The second kappa shape index (κ2) is 4.98. The summed E-state index contributed by atoms with van der Waals surface area (Å²) in [6.45, 7) is 0. The molecular formula is C9H6ClF3N2O. The van der Waals surface area contributed by atoms with Gasteiger partial charge in [0, 0.05) is 5.02 Å². The maximum Gasteiger partial charge on any atom is 0.455 e. The molecule has 0 atom stereocenters. The molecule has 86 valence electrons. The molecule has 0 aromatic heterocycles. The fraction of sp³-hybridized carbons (Fsp3) is 0.111. The van der Waals surface area contributed by atoms with Gasteiger partial charge in [0.2, 0.25) is 0 Å². The molecule has 0 aliphatic carbocycles. The van der Waals surface area contributed by atoms with Gasteiger partial charge in [0.1, 0.15) is 0 Å². The number of Topliss-reactive ketones (excluding diaryl/α,β-unsaturated/α-hetero) is 1. The van der Waals surface area contributed by atoms with Gasteiger partial charge in [-0.15, -0.1) is 0 Å². The van der Waals surface area contributed by atoms with Crippen LogP contribution in [0.3, 0.4) is 0 Å². The van der Waals surface area contributed by atoms with Crippen molar-refractivity contribution in [1.82, 2.24) is 0 Å². The van der Waals surface area contributed by atoms with Crippen molar-refractivity contribution in [3.63, 3.8) is 0 Å². The minimum Gasteiger partial charge on any atom is -0.283 e. The van der Waals surface area contributed by atoms with Gasteiger partial charge >= 0.3 is 6.18 Å². The van der Waals surface area contributed by atoms with E-state index in [9.17, 15) is 18.0 Å². The molecular weight excluding hydrogens is 245 g/mol. The quantitative estimate of drug-likeness (QED) is 0.662. The number of carbonyl (C=O) groups is 1. The van der Waals surface area contributed by atoms with E-state index in [0.29, 0.717) is 10.7 Å². The lowest BCUT2D eigenvalue weighted by Gasteiger charge is -2.01. The molecule has 7 heteroatoms. The number of benzene rings is 1. The average molecular weight is 251 g/mol. The number of ketones is 1. The maximum absolute atomic E-state index is 11.7. The van der Waals surface area contributed by atoms with Crippen molar-refractivity contribution in [3.05, 3.63) is 29.3 Å². The summed E-state index contributed by atoms with van der Waals surface area (Å²) in [6, 6.07) is 6.09. The van der Waals surface area contributed by atoms with E-state index in [1.807, 2.05) is 0 Å². The number of hydrogen-bond donors (Lipinski definition) is 1. The smallest absolute Gasteiger partial charge is 0.283 e. The lowest BCUT2D eigenvalue weighted by Crippen LogP contribution is -2.23. The summed E-state index contributed by atoms with van der Waals surface area (Å²) in [6.07, 6.45) is -4.72. The van der Waals surface area contributed by atoms with E-state index < -0.39 is 12.0 Å². The Hall–Kier alpha value is -1.56. The second-order valence-electron chi connectivity index (χ2n) is 2.74. The van der Waals surface area contributed by atoms with E-state index in [2.05, 4.69) is 10.5 Å². The first-order valence-corrected chi connectivity index (χ1v) is 4.43. The SMILES string of the molecule is O=C(C=NNc1ccc(Cl)cc1)C(F)(F)F. The highest BCUT2D eigenvalue weighted by Crippen LogP contribution is 2.15. The third-order valence-corrected chi connectivity index (χ3v) is 1.75. The number of nitrogens with one attached hydrogen (secondary N) is 1. The van der Waals surface area contributed by atoms with Crippen molar-refractivity contribution in [2.75, 3.05) is 5.43 Å². The molecule has 0 radical (unpaired) electrons. The predicted molar refractivity (Wildman–Crippen MR) is 54.6 cm³/mol. The predicted octanol–water partition coefficient (Wildman–Crippen LogP) is 2.87. The first-order valence-electron chi connectivity index (χ1n) is 4.05. The van der Waals surface area contributed by atoms with Crippen molar-refractivity contribution < 1.29 is 18.0 Å². The fourth-order valence-electron chi connectivity index (χ4n) is 0.763. The molecule has 3 nitrogen and oxygen atoms in total. The Bertz CT molecular complexity index is 400. The van der Waals surface area contributed by atoms with Gasteiger partial charge in [0.15, 0.2) is 0 Å². The van der Waals surface area contributed by atoms with Gasteiger partial charge in [-0.3, -0.25) is 10.2 Å². The Morgan fingerprint density at radius 2 is 1.88 bits per heavy atom. The standard InChI is InChI=1S/C9H6ClF3N2O/c10-6-1-3-7(4-2-6)15-14-5-8(16)9(11,12)13/h1-5,15H. The van der Waals surface area contributed by atoms with Crippen molar-refractivity contribution in [3.8, 4) is 0 Å². The number of nitrogens with zero attached hydrogens (tertiary/aromatic N) is 1. The van der Waals surface area contributed by atoms with Crippen LogP contribution in [0, 0.1) is 0 Å². The van der Waals surface area contributed by atoms with Crippen LogP contribution in [0.4, 0.5) is 18.9 Å². The summed E-state index contributed by atoms with van der Waals surface area (Å²) in [5.41, 5.74) is 2.69. The minimum absolute atomic E-state index is 0.175. The van der Waals surface area contributed by atoms with Crippen molar-refractivity contribution in [2.45, 2.75) is 6.18 Å². The van der Waals surface area contributed by atoms with E-state index in [4.69, 9.17) is 11.6 Å². The Morgan fingerprint density at radius 3 is 2.38 bits per heavy atom. The molecule has 0 unspecified atom stereocenters. The van der Waals surface area contributed by atoms with Crippen LogP contribution in [0.5, 0.6) is 0 Å². The third kappa shape index (κ3) is 3.90. The highest BCUT2D eigenvalue weighted by Gasteiger charge is 2.36. The van der Waals surface area contributed by atoms with Crippen LogP contribution in [0.25, 0.3) is 0 Å². The number of hydrogen-bond acceptors (Lipinski definition) is 3. The van der Waals surface area contributed by atoms with Crippen molar-refractivity contribution >= 4 is 29.3 Å². The molecule has 1 aromatic rings. The Kier molecular flexibility index (Phi) is 3.89. The summed E-state index contributed by atoms with van der Waals surface area (Å²) < 4.78 is 35.2. The molecule has 1 N–H and O–H groups in total. The van der Waals surface area contributed by atoms with E-state index in [0.717, 1.165) is 0 Å². The molecule has 0 saturated carbocycles. The molecule has 0 saturated heterocycles. The third-order valence-electron chi connectivity index (χ3n) is 1.50. The Labute approximate surface area is 93.9 Å². The van der Waals surface area contributed by atoms with E-state index in [1.54, 1.807) is 0 Å². The first kappa shape index (κ1) is 12.5. The number of halogens is 4. The molecule has 0 amide bonds. The van der Waals surface area contributed by atoms with Gasteiger partial charge in [-0.1, -0.05) is 11.6 Å². The molecule has 0 spiro atoms. The molecule has 0 fully saturated rings. The van der Waals surface area contributed by atoms with Crippen LogP contribution in [0.15, 0.2) is 29.4 Å². The minimum atomic E-state index is -4.90. The lowest BCUT2D eigenvalue weighted by atomic mass is 10.3. The first-order chi connectivity index (χ1) is 7.39. The van der Waals surface area contributed by atoms with Gasteiger partial charge in [-0.2, -0.15) is 18.3 Å². The Morgan fingerprint density at radius 1 is 1.31 bits per heavy atom. The van der Waals surface area contributed by atoms with Crippen LogP contribution in [0.2, 0.25) is 5.02 Å². The fourth-order valence-corrected chi connectivity index (χ4v) is 0.889. The van der Waals surface area contributed by atoms with E-state index in [1.165, 1.54) is 24.3 Å². The molecule has 0 aliphatic rings. The summed E-state index contributed by atoms with van der Waals surface area (Å²) in [7, 11) is 0. The highest BCUT2D eigenvalue weighted by molar-refractivity contribution is 6.30. The van der Waals surface area contributed by atoms with Crippen LogP contribution in [-0.2, 0) is 4.79 Å². The number of alkyl halides is 3. The number of hydrazone groups is 1. The topological polar surface area (TPSA) is 41.5 Å². The number of anilines is 1. The molecule has 1 rings (SSSR count). The molecule has 1 aromatic carbocycles. The van der Waals surface area contributed by atoms with Crippen LogP contribution >= 0.6 is 11.6 Å². The largest absolute Gasteiger partial charge is 0.455 e. The van der Waals surface area contributed by atoms with Gasteiger partial charge in [-0.05, 0) is 24.3 Å². The Balaban J connectivity index is 2.55. The summed E-state index contributed by atoms with van der Waals surface area (Å²) in [5, 5.41) is 3.64. The van der Waals surface area contributed by atoms with E-state index >= 15 is 0 Å². The van der Waals surface area contributed by atoms with Crippen LogP contribution < -0.4 is 5.43 Å². The van der Waals surface area contributed by atoms with Gasteiger partial charge in [-0.25, -0.2) is 0 Å². The summed E-state index contributed by atoms with van der Waals surface area (Å²) in [5.74, 6) is -2.02. The molecule has 0 heterocycles. The number of rotatable bonds is 3. The summed E-state index contributed by atoms with van der Waals surface area (Å²) in [4.78, 5) is 10.4. The molecule has 0 bridgehead atoms. The van der Waals surface area contributed by atoms with E-state index in [-0.39, 0.29) is 6.21 Å². The van der Waals surface area contributed by atoms with Gasteiger partial charge < -0.3 is 0 Å². The summed E-state index contributed by atoms with van der Waals surface area (Å²) >= 11 is 5.59. The lowest BCUT2D eigenvalue weighted by molar-refractivity contribution is -0.162. The maximum atomic E-state index is 11.7. The van der Waals surface area contributed by atoms with Gasteiger partial charge in [0.05, 0.1) is 11.9 Å².